The fourth-order valence-corrected chi connectivity index (χ4v) is 3.63. The molecule has 0 unspecified atom stereocenters. The molecule has 0 spiro atoms. The van der Waals surface area contributed by atoms with Gasteiger partial charge in [-0.2, -0.15) is 15.0 Å². The summed E-state index contributed by atoms with van der Waals surface area (Å²) in [6, 6.07) is 25.6. The average molecular weight is 534 g/mol. The number of rotatable bonds is 6. The second kappa shape index (κ2) is 10.4. The van der Waals surface area contributed by atoms with Crippen LogP contribution in [-0.4, -0.2) is 15.7 Å². The summed E-state index contributed by atoms with van der Waals surface area (Å²) in [4.78, 5) is 12.9. The predicted octanol–water partition coefficient (Wildman–Crippen LogP) is 6.93. The highest BCUT2D eigenvalue weighted by Gasteiger charge is 2.20. The lowest BCUT2D eigenvalue weighted by Gasteiger charge is -2.11. The van der Waals surface area contributed by atoms with E-state index in [1.165, 1.54) is 6.08 Å². The molecule has 0 radical (unpaired) electrons. The van der Waals surface area contributed by atoms with Crippen LogP contribution in [0.25, 0.3) is 11.8 Å². The monoisotopic (exact) mass is 532 g/mol. The first-order chi connectivity index (χ1) is 16.5. The largest absolute Gasteiger partial charge is 0.438 e. The maximum Gasteiger partial charge on any atom is 0.266 e. The maximum atomic E-state index is 12.9. The van der Waals surface area contributed by atoms with Gasteiger partial charge >= 0.3 is 0 Å². The zero-order valence-corrected chi connectivity index (χ0v) is 20.3. The minimum Gasteiger partial charge on any atom is -0.438 e. The molecular weight excluding hydrogens is 516 g/mol. The molecule has 0 bridgehead atoms. The van der Waals surface area contributed by atoms with Gasteiger partial charge in [0.1, 0.15) is 17.4 Å². The van der Waals surface area contributed by atoms with E-state index in [1.807, 2.05) is 60.7 Å². The molecule has 1 heterocycles. The Labute approximate surface area is 210 Å². The van der Waals surface area contributed by atoms with Crippen LogP contribution in [-0.2, 0) is 4.79 Å². The molecule has 0 fully saturated rings. The molecule has 34 heavy (non-hydrogen) atoms. The molecule has 1 N–H and O–H groups in total. The van der Waals surface area contributed by atoms with Gasteiger partial charge in [0.2, 0.25) is 5.88 Å². The van der Waals surface area contributed by atoms with Gasteiger partial charge in [-0.15, -0.1) is 0 Å². The number of nitriles is 1. The summed E-state index contributed by atoms with van der Waals surface area (Å²) >= 11 is 9.56. The van der Waals surface area contributed by atoms with Crippen molar-refractivity contribution in [3.8, 4) is 23.4 Å². The fourth-order valence-electron chi connectivity index (χ4n) is 3.19. The first-order valence-electron chi connectivity index (χ1n) is 10.2. The van der Waals surface area contributed by atoms with Gasteiger partial charge in [-0.05, 0) is 61.5 Å². The number of ether oxygens (including phenoxy) is 1. The Balaban J connectivity index is 1.78. The van der Waals surface area contributed by atoms with Gasteiger partial charge in [0.15, 0.2) is 0 Å². The number of nitrogens with zero attached hydrogens (tertiary/aromatic N) is 3. The van der Waals surface area contributed by atoms with Crippen LogP contribution in [0.2, 0.25) is 5.02 Å². The number of amides is 1. The molecule has 1 amide bonds. The van der Waals surface area contributed by atoms with Crippen molar-refractivity contribution < 1.29 is 9.53 Å². The summed E-state index contributed by atoms with van der Waals surface area (Å²) in [5, 5.41) is 17.4. The van der Waals surface area contributed by atoms with E-state index in [2.05, 4.69) is 26.3 Å². The highest BCUT2D eigenvalue weighted by atomic mass is 79.9. The molecule has 6 nitrogen and oxygen atoms in total. The Bertz CT molecular complexity index is 1410. The van der Waals surface area contributed by atoms with Crippen molar-refractivity contribution in [1.29, 1.82) is 5.26 Å². The van der Waals surface area contributed by atoms with Gasteiger partial charge in [-0.3, -0.25) is 4.79 Å². The van der Waals surface area contributed by atoms with Gasteiger partial charge in [0, 0.05) is 4.47 Å². The number of nitrogens with one attached hydrogen (secondary N) is 1. The number of carbonyl (C=O) groups is 1. The highest BCUT2D eigenvalue weighted by molar-refractivity contribution is 9.10. The van der Waals surface area contributed by atoms with Gasteiger partial charge < -0.3 is 10.1 Å². The number of hydrogen-bond acceptors (Lipinski definition) is 4. The molecule has 0 aliphatic heterocycles. The van der Waals surface area contributed by atoms with Gasteiger partial charge in [0.25, 0.3) is 5.91 Å². The van der Waals surface area contributed by atoms with E-state index in [-0.39, 0.29) is 5.57 Å². The second-order valence-electron chi connectivity index (χ2n) is 7.21. The molecule has 0 atom stereocenters. The summed E-state index contributed by atoms with van der Waals surface area (Å²) in [6.45, 7) is 1.79. The van der Waals surface area contributed by atoms with E-state index in [0.717, 1.165) is 10.2 Å². The van der Waals surface area contributed by atoms with E-state index < -0.39 is 5.91 Å². The topological polar surface area (TPSA) is 79.9 Å². The van der Waals surface area contributed by atoms with Gasteiger partial charge in [-0.25, -0.2) is 0 Å². The molecule has 1 aromatic heterocycles. The zero-order valence-electron chi connectivity index (χ0n) is 18.0. The number of anilines is 1. The van der Waals surface area contributed by atoms with Crippen LogP contribution < -0.4 is 10.1 Å². The number of halogens is 2. The number of hydrogen-bond donors (Lipinski definition) is 1. The van der Waals surface area contributed by atoms with Crippen LogP contribution in [0.3, 0.4) is 0 Å². The maximum absolute atomic E-state index is 12.9. The zero-order chi connectivity index (χ0) is 24.1. The standard InChI is InChI=1S/C26H18BrClN4O2/c1-17-22(15-18(16-29)25(33)30-24-10-6-5-9-23(24)28)26(34-21-13-11-19(27)12-14-21)32(31-17)20-7-3-2-4-8-20/h2-15H,1H3,(H,30,33)/b18-15-. The first-order valence-corrected chi connectivity index (χ1v) is 11.4. The number of aromatic nitrogens is 2. The van der Waals surface area contributed by atoms with Crippen LogP contribution >= 0.6 is 27.5 Å². The quantitative estimate of drug-likeness (QED) is 0.215. The van der Waals surface area contributed by atoms with Crippen LogP contribution in [0.15, 0.2) is 88.9 Å². The van der Waals surface area contributed by atoms with Crippen molar-refractivity contribution in [3.63, 3.8) is 0 Å². The lowest BCUT2D eigenvalue weighted by molar-refractivity contribution is -0.112. The minimum atomic E-state index is -0.586. The van der Waals surface area contributed by atoms with Crippen molar-refractivity contribution in [2.24, 2.45) is 0 Å². The second-order valence-corrected chi connectivity index (χ2v) is 8.53. The lowest BCUT2D eigenvalue weighted by Crippen LogP contribution is -2.13. The van der Waals surface area contributed by atoms with Crippen molar-refractivity contribution in [1.82, 2.24) is 9.78 Å². The first kappa shape index (κ1) is 23.3. The molecule has 3 aromatic carbocycles. The third-order valence-corrected chi connectivity index (χ3v) is 5.73. The molecule has 8 heteroatoms. The van der Waals surface area contributed by atoms with E-state index >= 15 is 0 Å². The fraction of sp³-hybridized carbons (Fsp3) is 0.0385. The lowest BCUT2D eigenvalue weighted by atomic mass is 10.1. The predicted molar refractivity (Wildman–Crippen MR) is 136 cm³/mol. The summed E-state index contributed by atoms with van der Waals surface area (Å²) in [5.41, 5.74) is 2.18. The number of para-hydroxylation sites is 2. The van der Waals surface area contributed by atoms with Crippen LogP contribution in [0, 0.1) is 18.3 Å². The van der Waals surface area contributed by atoms with E-state index in [0.29, 0.717) is 33.6 Å². The molecule has 168 valence electrons. The Morgan fingerprint density at radius 2 is 1.76 bits per heavy atom. The molecule has 4 aromatic rings. The molecule has 0 aliphatic carbocycles. The Morgan fingerprint density at radius 3 is 2.44 bits per heavy atom. The Morgan fingerprint density at radius 1 is 1.09 bits per heavy atom. The average Bonchev–Trinajstić information content (AvgIpc) is 3.15. The van der Waals surface area contributed by atoms with Crippen LogP contribution in [0.4, 0.5) is 5.69 Å². The van der Waals surface area contributed by atoms with Crippen LogP contribution in [0.1, 0.15) is 11.3 Å². The summed E-state index contributed by atoms with van der Waals surface area (Å²) in [7, 11) is 0. The Hall–Kier alpha value is -3.86. The third kappa shape index (κ3) is 5.20. The normalized spacial score (nSPS) is 11.1. The minimum absolute atomic E-state index is 0.115. The molecule has 0 saturated heterocycles. The summed E-state index contributed by atoms with van der Waals surface area (Å²) in [5.74, 6) is 0.371. The SMILES string of the molecule is Cc1nn(-c2ccccc2)c(Oc2ccc(Br)cc2)c1/C=C(/C#N)C(=O)Nc1ccccc1Cl. The van der Waals surface area contributed by atoms with Gasteiger partial charge in [0.05, 0.1) is 27.7 Å². The van der Waals surface area contributed by atoms with Crippen LogP contribution in [0.5, 0.6) is 11.6 Å². The molecule has 0 aliphatic rings. The highest BCUT2D eigenvalue weighted by Crippen LogP contribution is 2.33. The van der Waals surface area contributed by atoms with Crippen molar-refractivity contribution in [3.05, 3.63) is 105 Å². The molecule has 4 rings (SSSR count). The van der Waals surface area contributed by atoms with Crippen molar-refractivity contribution in [2.75, 3.05) is 5.32 Å². The smallest absolute Gasteiger partial charge is 0.266 e. The van der Waals surface area contributed by atoms with Crippen molar-refractivity contribution in [2.45, 2.75) is 6.92 Å². The van der Waals surface area contributed by atoms with Crippen molar-refractivity contribution >= 4 is 45.2 Å². The summed E-state index contributed by atoms with van der Waals surface area (Å²) < 4.78 is 8.76. The van der Waals surface area contributed by atoms with E-state index in [1.54, 1.807) is 35.9 Å². The Kier molecular flexibility index (Phi) is 7.12. The number of aryl methyl sites for hydroxylation is 1. The third-order valence-electron chi connectivity index (χ3n) is 4.87. The molecule has 0 saturated carbocycles. The van der Waals surface area contributed by atoms with Gasteiger partial charge in [-0.1, -0.05) is 57.9 Å². The summed E-state index contributed by atoms with van der Waals surface area (Å²) in [6.07, 6.45) is 1.47. The molecular formula is C26H18BrClN4O2. The number of benzene rings is 3. The van der Waals surface area contributed by atoms with E-state index in [4.69, 9.17) is 16.3 Å². The van der Waals surface area contributed by atoms with E-state index in [9.17, 15) is 10.1 Å². The number of carbonyl (C=O) groups excluding carboxylic acids is 1.